The normalized spacial score (nSPS) is 10.4. The SMILES string of the molecule is Nc1ccc(-c2ncc(O)[nH]2)c(Cl)c1. The first-order valence-corrected chi connectivity index (χ1v) is 4.34. The van der Waals surface area contributed by atoms with E-state index in [1.54, 1.807) is 18.2 Å². The molecule has 72 valence electrons. The maximum absolute atomic E-state index is 9.07. The Morgan fingerprint density at radius 3 is 2.79 bits per heavy atom. The second-order valence-corrected chi connectivity index (χ2v) is 3.26. The average molecular weight is 210 g/mol. The zero-order chi connectivity index (χ0) is 10.1. The third-order valence-electron chi connectivity index (χ3n) is 1.81. The van der Waals surface area contributed by atoms with Gasteiger partial charge in [-0.25, -0.2) is 4.98 Å². The highest BCUT2D eigenvalue weighted by Crippen LogP contribution is 2.28. The number of benzene rings is 1. The molecule has 2 aromatic rings. The van der Waals surface area contributed by atoms with Crippen LogP contribution in [0, 0.1) is 0 Å². The molecule has 5 heteroatoms. The summed E-state index contributed by atoms with van der Waals surface area (Å²) in [6.07, 6.45) is 1.32. The second-order valence-electron chi connectivity index (χ2n) is 2.86. The summed E-state index contributed by atoms with van der Waals surface area (Å²) in [5, 5.41) is 9.57. The van der Waals surface area contributed by atoms with Gasteiger partial charge in [0.1, 0.15) is 5.82 Å². The lowest BCUT2D eigenvalue weighted by atomic mass is 10.2. The van der Waals surface area contributed by atoms with Gasteiger partial charge in [-0.3, -0.25) is 0 Å². The number of aromatic nitrogens is 2. The van der Waals surface area contributed by atoms with Gasteiger partial charge < -0.3 is 15.8 Å². The maximum Gasteiger partial charge on any atom is 0.208 e. The monoisotopic (exact) mass is 209 g/mol. The number of imidazole rings is 1. The van der Waals surface area contributed by atoms with Crippen LogP contribution in [0.25, 0.3) is 11.4 Å². The largest absolute Gasteiger partial charge is 0.493 e. The number of halogens is 1. The summed E-state index contributed by atoms with van der Waals surface area (Å²) >= 11 is 5.95. The summed E-state index contributed by atoms with van der Waals surface area (Å²) in [5.41, 5.74) is 6.85. The van der Waals surface area contributed by atoms with E-state index in [0.29, 0.717) is 22.1 Å². The maximum atomic E-state index is 9.07. The zero-order valence-electron chi connectivity index (χ0n) is 7.16. The standard InChI is InChI=1S/C9H8ClN3O/c10-7-3-5(11)1-2-6(7)9-12-4-8(14)13-9/h1-4,14H,11H2,(H,12,13). The minimum absolute atomic E-state index is 0.00731. The number of anilines is 1. The van der Waals surface area contributed by atoms with Gasteiger partial charge in [0.25, 0.3) is 0 Å². The van der Waals surface area contributed by atoms with E-state index in [1.807, 2.05) is 0 Å². The van der Waals surface area contributed by atoms with Gasteiger partial charge in [0, 0.05) is 11.3 Å². The van der Waals surface area contributed by atoms with E-state index >= 15 is 0 Å². The second kappa shape index (κ2) is 3.23. The van der Waals surface area contributed by atoms with Crippen LogP contribution in [0.15, 0.2) is 24.4 Å². The van der Waals surface area contributed by atoms with Crippen LogP contribution in [0.1, 0.15) is 0 Å². The summed E-state index contributed by atoms with van der Waals surface area (Å²) < 4.78 is 0. The number of nitrogens with zero attached hydrogens (tertiary/aromatic N) is 1. The van der Waals surface area contributed by atoms with Crippen molar-refractivity contribution >= 4 is 17.3 Å². The van der Waals surface area contributed by atoms with Gasteiger partial charge in [0.05, 0.1) is 11.2 Å². The summed E-state index contributed by atoms with van der Waals surface area (Å²) in [6.45, 7) is 0. The van der Waals surface area contributed by atoms with E-state index in [0.717, 1.165) is 0 Å². The van der Waals surface area contributed by atoms with Crippen LogP contribution in [-0.2, 0) is 0 Å². The Balaban J connectivity index is 2.52. The van der Waals surface area contributed by atoms with Gasteiger partial charge in [-0.1, -0.05) is 11.6 Å². The van der Waals surface area contributed by atoms with Crippen LogP contribution in [0.2, 0.25) is 5.02 Å². The van der Waals surface area contributed by atoms with E-state index in [2.05, 4.69) is 9.97 Å². The van der Waals surface area contributed by atoms with Crippen molar-refractivity contribution in [3.05, 3.63) is 29.4 Å². The number of hydrogen-bond acceptors (Lipinski definition) is 3. The quantitative estimate of drug-likeness (QED) is 0.629. The molecule has 0 saturated carbocycles. The minimum atomic E-state index is 0.00731. The van der Waals surface area contributed by atoms with Crippen molar-refractivity contribution in [1.82, 2.24) is 9.97 Å². The first kappa shape index (κ1) is 8.90. The van der Waals surface area contributed by atoms with E-state index < -0.39 is 0 Å². The van der Waals surface area contributed by atoms with Gasteiger partial charge in [0.15, 0.2) is 0 Å². The fourth-order valence-electron chi connectivity index (χ4n) is 1.17. The highest BCUT2D eigenvalue weighted by atomic mass is 35.5. The van der Waals surface area contributed by atoms with Crippen LogP contribution in [0.3, 0.4) is 0 Å². The van der Waals surface area contributed by atoms with Gasteiger partial charge in [-0.05, 0) is 18.2 Å². The van der Waals surface area contributed by atoms with E-state index in [4.69, 9.17) is 22.4 Å². The summed E-state index contributed by atoms with van der Waals surface area (Å²) in [4.78, 5) is 6.62. The molecule has 0 spiro atoms. The lowest BCUT2D eigenvalue weighted by Gasteiger charge is -2.01. The molecule has 14 heavy (non-hydrogen) atoms. The molecule has 0 amide bonds. The Morgan fingerprint density at radius 2 is 2.21 bits per heavy atom. The van der Waals surface area contributed by atoms with Gasteiger partial charge in [-0.2, -0.15) is 0 Å². The molecular weight excluding hydrogens is 202 g/mol. The van der Waals surface area contributed by atoms with Crippen LogP contribution in [0.5, 0.6) is 5.88 Å². The molecule has 4 nitrogen and oxygen atoms in total. The first-order valence-electron chi connectivity index (χ1n) is 3.96. The first-order chi connectivity index (χ1) is 6.66. The minimum Gasteiger partial charge on any atom is -0.493 e. The lowest BCUT2D eigenvalue weighted by molar-refractivity contribution is 0.457. The molecular formula is C9H8ClN3O. The van der Waals surface area contributed by atoms with Crippen molar-refractivity contribution in [3.8, 4) is 17.3 Å². The summed E-state index contributed by atoms with van der Waals surface area (Å²) in [5.74, 6) is 0.528. The number of nitrogens with two attached hydrogens (primary N) is 1. The Morgan fingerprint density at radius 1 is 1.43 bits per heavy atom. The van der Waals surface area contributed by atoms with Crippen molar-refractivity contribution in [2.45, 2.75) is 0 Å². The van der Waals surface area contributed by atoms with Crippen molar-refractivity contribution in [2.24, 2.45) is 0 Å². The lowest BCUT2D eigenvalue weighted by Crippen LogP contribution is -1.87. The Labute approximate surface area is 85.4 Å². The van der Waals surface area contributed by atoms with Crippen LogP contribution < -0.4 is 5.73 Å². The molecule has 0 fully saturated rings. The molecule has 0 aliphatic heterocycles. The van der Waals surface area contributed by atoms with Gasteiger partial charge >= 0.3 is 0 Å². The molecule has 1 aromatic heterocycles. The molecule has 1 aromatic carbocycles. The molecule has 4 N–H and O–H groups in total. The number of H-pyrrole nitrogens is 1. The molecule has 0 unspecified atom stereocenters. The molecule has 0 bridgehead atoms. The number of aromatic amines is 1. The number of hydrogen-bond donors (Lipinski definition) is 3. The number of nitrogens with one attached hydrogen (secondary N) is 1. The zero-order valence-corrected chi connectivity index (χ0v) is 7.92. The van der Waals surface area contributed by atoms with E-state index in [9.17, 15) is 0 Å². The van der Waals surface area contributed by atoms with E-state index in [1.165, 1.54) is 6.20 Å². The van der Waals surface area contributed by atoms with Crippen LogP contribution in [0.4, 0.5) is 5.69 Å². The Kier molecular flexibility index (Phi) is 2.05. The molecule has 0 saturated heterocycles. The highest BCUT2D eigenvalue weighted by molar-refractivity contribution is 6.33. The van der Waals surface area contributed by atoms with Crippen molar-refractivity contribution in [3.63, 3.8) is 0 Å². The van der Waals surface area contributed by atoms with Gasteiger partial charge in [-0.15, -0.1) is 0 Å². The third kappa shape index (κ3) is 1.52. The number of aromatic hydroxyl groups is 1. The molecule has 0 aliphatic rings. The fourth-order valence-corrected chi connectivity index (χ4v) is 1.45. The number of nitrogen functional groups attached to an aromatic ring is 1. The summed E-state index contributed by atoms with van der Waals surface area (Å²) in [6, 6.07) is 5.10. The Hall–Kier alpha value is -1.68. The fraction of sp³-hybridized carbons (Fsp3) is 0. The average Bonchev–Trinajstić information content (AvgIpc) is 2.51. The number of rotatable bonds is 1. The molecule has 0 aliphatic carbocycles. The molecule has 0 radical (unpaired) electrons. The van der Waals surface area contributed by atoms with Gasteiger partial charge in [0.2, 0.25) is 5.88 Å². The molecule has 1 heterocycles. The third-order valence-corrected chi connectivity index (χ3v) is 2.12. The topological polar surface area (TPSA) is 74.9 Å². The Bertz CT molecular complexity index is 467. The smallest absolute Gasteiger partial charge is 0.208 e. The van der Waals surface area contributed by atoms with Crippen LogP contribution >= 0.6 is 11.6 Å². The highest BCUT2D eigenvalue weighted by Gasteiger charge is 2.06. The molecule has 0 atom stereocenters. The van der Waals surface area contributed by atoms with Crippen LogP contribution in [-0.4, -0.2) is 15.1 Å². The van der Waals surface area contributed by atoms with E-state index in [-0.39, 0.29) is 5.88 Å². The predicted octanol–water partition coefficient (Wildman–Crippen LogP) is 2.02. The molecule has 2 rings (SSSR count). The van der Waals surface area contributed by atoms with Crippen molar-refractivity contribution in [2.75, 3.05) is 5.73 Å². The van der Waals surface area contributed by atoms with Crippen molar-refractivity contribution < 1.29 is 5.11 Å². The predicted molar refractivity (Wildman–Crippen MR) is 55.1 cm³/mol. The van der Waals surface area contributed by atoms with Crippen molar-refractivity contribution in [1.29, 1.82) is 0 Å². The summed E-state index contributed by atoms with van der Waals surface area (Å²) in [7, 11) is 0.